The predicted octanol–water partition coefficient (Wildman–Crippen LogP) is 15.2. The Labute approximate surface area is 341 Å². The van der Waals surface area contributed by atoms with E-state index in [1.54, 1.807) is 0 Å². The molecule has 1 atom stereocenters. The van der Waals surface area contributed by atoms with E-state index in [9.17, 15) is 14.4 Å². The third-order valence-electron chi connectivity index (χ3n) is 10.4. The maximum absolute atomic E-state index is 12.7. The minimum Gasteiger partial charge on any atom is -0.462 e. The number of ether oxygens (including phenoxy) is 3. The van der Waals surface area contributed by atoms with Gasteiger partial charge in [0.05, 0.1) is 0 Å². The van der Waals surface area contributed by atoms with Crippen LogP contribution in [-0.2, 0) is 28.6 Å². The number of carbonyl (C=O) groups is 3. The lowest BCUT2D eigenvalue weighted by atomic mass is 10.1. The molecule has 0 radical (unpaired) electrons. The van der Waals surface area contributed by atoms with Crippen molar-refractivity contribution in [1.29, 1.82) is 0 Å². The highest BCUT2D eigenvalue weighted by molar-refractivity contribution is 5.71. The highest BCUT2D eigenvalue weighted by Gasteiger charge is 2.19. The van der Waals surface area contributed by atoms with Gasteiger partial charge in [-0.3, -0.25) is 14.4 Å². The Hall–Kier alpha value is -2.11. The van der Waals surface area contributed by atoms with Gasteiger partial charge in [-0.15, -0.1) is 0 Å². The van der Waals surface area contributed by atoms with Crippen molar-refractivity contribution in [2.45, 2.75) is 258 Å². The molecular formula is C49H90O6. The number of carbonyl (C=O) groups excluding carboxylic acids is 3. The van der Waals surface area contributed by atoms with Crippen LogP contribution in [0, 0.1) is 0 Å². The summed E-state index contributed by atoms with van der Waals surface area (Å²) in [6.45, 7) is 6.59. The number of esters is 3. The fourth-order valence-electron chi connectivity index (χ4n) is 6.78. The predicted molar refractivity (Wildman–Crippen MR) is 233 cm³/mol. The Morgan fingerprint density at radius 1 is 0.345 bits per heavy atom. The van der Waals surface area contributed by atoms with Crippen molar-refractivity contribution in [2.24, 2.45) is 0 Å². The molecule has 0 aromatic carbocycles. The first-order valence-corrected chi connectivity index (χ1v) is 23.8. The number of unbranched alkanes of at least 4 members (excludes halogenated alkanes) is 28. The molecule has 0 saturated carbocycles. The highest BCUT2D eigenvalue weighted by Crippen LogP contribution is 2.14. The van der Waals surface area contributed by atoms with Crippen LogP contribution < -0.4 is 0 Å². The standard InChI is InChI=1S/C49H90O6/c1-4-7-10-13-16-19-22-24-25-28-30-33-36-39-42-48(51)54-45-46(44-53-47(50)41-38-35-32-29-26-21-18-15-12-9-6-3)55-49(52)43-40-37-34-31-27-23-20-17-14-11-8-5-2/h17,20,22,24,46H,4-16,18-19,21,23,25-45H2,1-3H3/b20-17-,24-22-. The molecular weight excluding hydrogens is 685 g/mol. The Morgan fingerprint density at radius 3 is 0.945 bits per heavy atom. The lowest BCUT2D eigenvalue weighted by molar-refractivity contribution is -0.167. The van der Waals surface area contributed by atoms with Crippen molar-refractivity contribution in [3.8, 4) is 0 Å². The number of hydrogen-bond acceptors (Lipinski definition) is 6. The zero-order valence-electron chi connectivity index (χ0n) is 36.7. The maximum atomic E-state index is 12.7. The van der Waals surface area contributed by atoms with E-state index in [4.69, 9.17) is 14.2 Å². The summed E-state index contributed by atoms with van der Waals surface area (Å²) in [5.41, 5.74) is 0. The van der Waals surface area contributed by atoms with Crippen LogP contribution in [0.4, 0.5) is 0 Å². The SMILES string of the molecule is CCCCC/C=C\CCCCCCCC(=O)OC(COC(=O)CCCCCCC/C=C\CCCCCCC)COC(=O)CCCCCCCCCCCCC. The average Bonchev–Trinajstić information content (AvgIpc) is 3.18. The molecule has 1 unspecified atom stereocenters. The molecule has 0 bridgehead atoms. The van der Waals surface area contributed by atoms with Crippen LogP contribution in [0.25, 0.3) is 0 Å². The fourth-order valence-corrected chi connectivity index (χ4v) is 6.78. The molecule has 0 aromatic rings. The summed E-state index contributed by atoms with van der Waals surface area (Å²) in [6.07, 6.45) is 48.7. The van der Waals surface area contributed by atoms with E-state index >= 15 is 0 Å². The van der Waals surface area contributed by atoms with Gasteiger partial charge >= 0.3 is 17.9 Å². The van der Waals surface area contributed by atoms with Gasteiger partial charge < -0.3 is 14.2 Å². The first-order chi connectivity index (χ1) is 27.0. The van der Waals surface area contributed by atoms with Crippen molar-refractivity contribution >= 4 is 17.9 Å². The molecule has 0 N–H and O–H groups in total. The zero-order chi connectivity index (χ0) is 40.1. The summed E-state index contributed by atoms with van der Waals surface area (Å²) in [7, 11) is 0. The second kappa shape index (κ2) is 44.6. The number of rotatable bonds is 43. The third kappa shape index (κ3) is 42.9. The first-order valence-electron chi connectivity index (χ1n) is 23.8. The Kier molecular flexibility index (Phi) is 42.9. The summed E-state index contributed by atoms with van der Waals surface area (Å²) < 4.78 is 16.7. The molecule has 0 heterocycles. The molecule has 0 saturated heterocycles. The summed E-state index contributed by atoms with van der Waals surface area (Å²) in [5.74, 6) is -0.887. The molecule has 0 aliphatic carbocycles. The highest BCUT2D eigenvalue weighted by atomic mass is 16.6. The van der Waals surface area contributed by atoms with Crippen molar-refractivity contribution in [1.82, 2.24) is 0 Å². The second-order valence-electron chi connectivity index (χ2n) is 16.0. The zero-order valence-corrected chi connectivity index (χ0v) is 36.7. The second-order valence-corrected chi connectivity index (χ2v) is 16.0. The molecule has 6 nitrogen and oxygen atoms in total. The van der Waals surface area contributed by atoms with Crippen LogP contribution >= 0.6 is 0 Å². The Balaban J connectivity index is 4.37. The fraction of sp³-hybridized carbons (Fsp3) is 0.857. The molecule has 0 amide bonds. The van der Waals surface area contributed by atoms with E-state index in [1.165, 1.54) is 141 Å². The largest absolute Gasteiger partial charge is 0.462 e. The summed E-state index contributed by atoms with van der Waals surface area (Å²) in [5, 5.41) is 0. The van der Waals surface area contributed by atoms with Crippen molar-refractivity contribution < 1.29 is 28.6 Å². The van der Waals surface area contributed by atoms with Gasteiger partial charge in [0.15, 0.2) is 6.10 Å². The molecule has 0 aliphatic heterocycles. The van der Waals surface area contributed by atoms with Gasteiger partial charge in [-0.2, -0.15) is 0 Å². The van der Waals surface area contributed by atoms with Gasteiger partial charge in [0.25, 0.3) is 0 Å². The van der Waals surface area contributed by atoms with Gasteiger partial charge in [0, 0.05) is 19.3 Å². The average molecular weight is 775 g/mol. The molecule has 0 fully saturated rings. The van der Waals surface area contributed by atoms with Gasteiger partial charge in [-0.05, 0) is 70.6 Å². The minimum atomic E-state index is -0.772. The monoisotopic (exact) mass is 775 g/mol. The van der Waals surface area contributed by atoms with Crippen LogP contribution in [0.1, 0.15) is 252 Å². The van der Waals surface area contributed by atoms with E-state index in [0.717, 1.165) is 70.6 Å². The van der Waals surface area contributed by atoms with Crippen molar-refractivity contribution in [3.63, 3.8) is 0 Å². The molecule has 0 rings (SSSR count). The van der Waals surface area contributed by atoms with Crippen LogP contribution in [-0.4, -0.2) is 37.2 Å². The van der Waals surface area contributed by atoms with Crippen molar-refractivity contribution in [2.75, 3.05) is 13.2 Å². The third-order valence-corrected chi connectivity index (χ3v) is 10.4. The Bertz CT molecular complexity index is 896. The van der Waals surface area contributed by atoms with Crippen LogP contribution in [0.2, 0.25) is 0 Å². The van der Waals surface area contributed by atoms with E-state index in [0.29, 0.717) is 19.3 Å². The van der Waals surface area contributed by atoms with E-state index in [1.807, 2.05) is 0 Å². The van der Waals surface area contributed by atoms with Gasteiger partial charge in [0.1, 0.15) is 13.2 Å². The minimum absolute atomic E-state index is 0.0743. The quantitative estimate of drug-likeness (QED) is 0.0266. The molecule has 0 aromatic heterocycles. The van der Waals surface area contributed by atoms with E-state index in [-0.39, 0.29) is 31.1 Å². The lowest BCUT2D eigenvalue weighted by Gasteiger charge is -2.18. The topological polar surface area (TPSA) is 78.9 Å². The van der Waals surface area contributed by atoms with Gasteiger partial charge in [-0.1, -0.05) is 186 Å². The van der Waals surface area contributed by atoms with E-state index < -0.39 is 6.10 Å². The number of allylic oxidation sites excluding steroid dienone is 4. The smallest absolute Gasteiger partial charge is 0.306 e. The van der Waals surface area contributed by atoms with Crippen LogP contribution in [0.3, 0.4) is 0 Å². The summed E-state index contributed by atoms with van der Waals surface area (Å²) >= 11 is 0. The molecule has 0 spiro atoms. The van der Waals surface area contributed by atoms with Gasteiger partial charge in [0.2, 0.25) is 0 Å². The molecule has 0 aliphatic rings. The molecule has 55 heavy (non-hydrogen) atoms. The van der Waals surface area contributed by atoms with Crippen LogP contribution in [0.5, 0.6) is 0 Å². The Morgan fingerprint density at radius 2 is 0.600 bits per heavy atom. The molecule has 322 valence electrons. The van der Waals surface area contributed by atoms with Crippen molar-refractivity contribution in [3.05, 3.63) is 24.3 Å². The molecule has 6 heteroatoms. The summed E-state index contributed by atoms with van der Waals surface area (Å²) in [6, 6.07) is 0. The maximum Gasteiger partial charge on any atom is 0.306 e. The normalized spacial score (nSPS) is 12.1. The van der Waals surface area contributed by atoms with E-state index in [2.05, 4.69) is 45.1 Å². The summed E-state index contributed by atoms with van der Waals surface area (Å²) in [4.78, 5) is 37.8. The number of hydrogen-bond donors (Lipinski definition) is 0. The first kappa shape index (κ1) is 52.9. The van der Waals surface area contributed by atoms with Crippen LogP contribution in [0.15, 0.2) is 24.3 Å². The van der Waals surface area contributed by atoms with Gasteiger partial charge in [-0.25, -0.2) is 0 Å². The lowest BCUT2D eigenvalue weighted by Crippen LogP contribution is -2.30.